The fraction of sp³-hybridized carbons (Fsp3) is 0.647. The molecule has 2 aromatic heterocycles. The van der Waals surface area contributed by atoms with E-state index in [0.29, 0.717) is 24.2 Å². The van der Waals surface area contributed by atoms with E-state index in [2.05, 4.69) is 44.3 Å². The summed E-state index contributed by atoms with van der Waals surface area (Å²) < 4.78 is 3.97. The van der Waals surface area contributed by atoms with Gasteiger partial charge in [0, 0.05) is 18.9 Å². The van der Waals surface area contributed by atoms with Gasteiger partial charge in [0.15, 0.2) is 5.69 Å². The van der Waals surface area contributed by atoms with Gasteiger partial charge in [-0.1, -0.05) is 19.1 Å². The highest BCUT2D eigenvalue weighted by molar-refractivity contribution is 5.93. The van der Waals surface area contributed by atoms with Gasteiger partial charge in [0.2, 0.25) is 0 Å². The Morgan fingerprint density at radius 1 is 1.40 bits per heavy atom. The highest BCUT2D eigenvalue weighted by atomic mass is 16.2. The minimum absolute atomic E-state index is 0.197. The van der Waals surface area contributed by atoms with Crippen molar-refractivity contribution in [3.63, 3.8) is 0 Å². The molecule has 25 heavy (non-hydrogen) atoms. The summed E-state index contributed by atoms with van der Waals surface area (Å²) in [4.78, 5) is 16.9. The van der Waals surface area contributed by atoms with Crippen LogP contribution in [0, 0.1) is 12.8 Å². The van der Waals surface area contributed by atoms with Crippen LogP contribution in [0.3, 0.4) is 0 Å². The van der Waals surface area contributed by atoms with Gasteiger partial charge >= 0.3 is 0 Å². The molecule has 0 aliphatic carbocycles. The SMILES string of the molecule is Cc1c(C(=O)NCc2nccn2CC(C)C)nnn1C1CCNCC1. The van der Waals surface area contributed by atoms with Crippen LogP contribution in [0.4, 0.5) is 0 Å². The highest BCUT2D eigenvalue weighted by Crippen LogP contribution is 2.20. The van der Waals surface area contributed by atoms with Gasteiger partial charge in [-0.15, -0.1) is 5.10 Å². The largest absolute Gasteiger partial charge is 0.343 e. The van der Waals surface area contributed by atoms with Crippen molar-refractivity contribution in [3.8, 4) is 0 Å². The van der Waals surface area contributed by atoms with Gasteiger partial charge in [0.25, 0.3) is 5.91 Å². The molecular weight excluding hydrogens is 318 g/mol. The number of rotatable bonds is 6. The van der Waals surface area contributed by atoms with E-state index in [9.17, 15) is 4.79 Å². The van der Waals surface area contributed by atoms with E-state index in [1.165, 1.54) is 0 Å². The summed E-state index contributed by atoms with van der Waals surface area (Å²) in [5.41, 5.74) is 1.23. The molecule has 0 saturated carbocycles. The van der Waals surface area contributed by atoms with Gasteiger partial charge in [0.1, 0.15) is 5.82 Å². The predicted molar refractivity (Wildman–Crippen MR) is 94.1 cm³/mol. The number of nitrogens with zero attached hydrogens (tertiary/aromatic N) is 5. The number of piperidine rings is 1. The van der Waals surface area contributed by atoms with Gasteiger partial charge in [0.05, 0.1) is 18.3 Å². The van der Waals surface area contributed by atoms with Gasteiger partial charge < -0.3 is 15.2 Å². The van der Waals surface area contributed by atoms with Crippen LogP contribution in [-0.4, -0.2) is 43.5 Å². The third kappa shape index (κ3) is 4.07. The molecule has 1 fully saturated rings. The molecule has 136 valence electrons. The second-order valence-corrected chi connectivity index (χ2v) is 7.02. The number of aromatic nitrogens is 5. The van der Waals surface area contributed by atoms with E-state index < -0.39 is 0 Å². The van der Waals surface area contributed by atoms with E-state index in [-0.39, 0.29) is 5.91 Å². The molecule has 1 aliphatic rings. The molecule has 0 aromatic carbocycles. The third-order valence-corrected chi connectivity index (χ3v) is 4.57. The molecule has 8 nitrogen and oxygen atoms in total. The minimum atomic E-state index is -0.197. The van der Waals surface area contributed by atoms with Crippen LogP contribution < -0.4 is 10.6 Å². The van der Waals surface area contributed by atoms with E-state index in [0.717, 1.165) is 44.0 Å². The summed E-state index contributed by atoms with van der Waals surface area (Å²) >= 11 is 0. The van der Waals surface area contributed by atoms with Crippen LogP contribution in [0.15, 0.2) is 12.4 Å². The van der Waals surface area contributed by atoms with Gasteiger partial charge in [-0.2, -0.15) is 0 Å². The first kappa shape index (κ1) is 17.6. The van der Waals surface area contributed by atoms with Crippen LogP contribution in [0.5, 0.6) is 0 Å². The fourth-order valence-corrected chi connectivity index (χ4v) is 3.26. The predicted octanol–water partition coefficient (Wildman–Crippen LogP) is 1.29. The zero-order valence-corrected chi connectivity index (χ0v) is 15.2. The van der Waals surface area contributed by atoms with Crippen LogP contribution in [-0.2, 0) is 13.1 Å². The number of amides is 1. The molecule has 1 saturated heterocycles. The maximum atomic E-state index is 12.5. The third-order valence-electron chi connectivity index (χ3n) is 4.57. The molecule has 0 bridgehead atoms. The zero-order valence-electron chi connectivity index (χ0n) is 15.2. The van der Waals surface area contributed by atoms with Gasteiger partial charge in [-0.05, 0) is 38.8 Å². The molecule has 1 aliphatic heterocycles. The summed E-state index contributed by atoms with van der Waals surface area (Å²) in [5.74, 6) is 1.18. The van der Waals surface area contributed by atoms with Crippen molar-refractivity contribution in [2.45, 2.75) is 52.7 Å². The monoisotopic (exact) mass is 345 g/mol. The number of hydrogen-bond donors (Lipinski definition) is 2. The maximum absolute atomic E-state index is 12.5. The highest BCUT2D eigenvalue weighted by Gasteiger charge is 2.23. The van der Waals surface area contributed by atoms with Crippen molar-refractivity contribution >= 4 is 5.91 Å². The molecule has 1 amide bonds. The molecule has 2 N–H and O–H groups in total. The average molecular weight is 345 g/mol. The Labute approximate surface area is 148 Å². The number of imidazole rings is 1. The van der Waals surface area contributed by atoms with Crippen molar-refractivity contribution in [2.24, 2.45) is 5.92 Å². The Morgan fingerprint density at radius 2 is 2.16 bits per heavy atom. The lowest BCUT2D eigenvalue weighted by Gasteiger charge is -2.23. The van der Waals surface area contributed by atoms with E-state index in [1.807, 2.05) is 17.8 Å². The molecule has 8 heteroatoms. The Morgan fingerprint density at radius 3 is 2.88 bits per heavy atom. The normalized spacial score (nSPS) is 15.7. The Bertz CT molecular complexity index is 712. The Hall–Kier alpha value is -2.22. The Kier molecular flexibility index (Phi) is 5.47. The first-order valence-electron chi connectivity index (χ1n) is 8.97. The van der Waals surface area contributed by atoms with Crippen molar-refractivity contribution in [3.05, 3.63) is 29.6 Å². The fourth-order valence-electron chi connectivity index (χ4n) is 3.26. The zero-order chi connectivity index (χ0) is 17.8. The van der Waals surface area contributed by atoms with E-state index in [1.54, 1.807) is 6.20 Å². The summed E-state index contributed by atoms with van der Waals surface area (Å²) in [5, 5.41) is 14.6. The Balaban J connectivity index is 1.64. The molecule has 3 heterocycles. The molecule has 2 aromatic rings. The van der Waals surface area contributed by atoms with Crippen molar-refractivity contribution in [1.29, 1.82) is 0 Å². The quantitative estimate of drug-likeness (QED) is 0.823. The van der Waals surface area contributed by atoms with Crippen LogP contribution in [0.1, 0.15) is 54.7 Å². The smallest absolute Gasteiger partial charge is 0.274 e. The minimum Gasteiger partial charge on any atom is -0.343 e. The first-order valence-corrected chi connectivity index (χ1v) is 8.97. The summed E-state index contributed by atoms with van der Waals surface area (Å²) in [6.07, 6.45) is 5.73. The first-order chi connectivity index (χ1) is 12.1. The van der Waals surface area contributed by atoms with E-state index >= 15 is 0 Å². The van der Waals surface area contributed by atoms with Crippen LogP contribution in [0.2, 0.25) is 0 Å². The number of carbonyl (C=O) groups is 1. The van der Waals surface area contributed by atoms with Gasteiger partial charge in [-0.3, -0.25) is 4.79 Å². The second kappa shape index (κ2) is 7.77. The summed E-state index contributed by atoms with van der Waals surface area (Å²) in [6.45, 7) is 9.45. The van der Waals surface area contributed by atoms with Crippen molar-refractivity contribution in [1.82, 2.24) is 35.2 Å². The summed E-state index contributed by atoms with van der Waals surface area (Å²) in [7, 11) is 0. The molecule has 0 unspecified atom stereocenters. The number of carbonyl (C=O) groups excluding carboxylic acids is 1. The molecule has 0 radical (unpaired) electrons. The number of nitrogens with one attached hydrogen (secondary N) is 2. The lowest BCUT2D eigenvalue weighted by Crippen LogP contribution is -2.30. The standard InChI is InChI=1S/C17H27N7O/c1-12(2)11-23-9-8-19-15(23)10-20-17(25)16-13(3)24(22-21-16)14-4-6-18-7-5-14/h8-9,12,14,18H,4-7,10-11H2,1-3H3,(H,20,25). The lowest BCUT2D eigenvalue weighted by atomic mass is 10.1. The summed E-state index contributed by atoms with van der Waals surface area (Å²) in [6, 6.07) is 0.320. The molecule has 0 atom stereocenters. The molecular formula is C17H27N7O. The topological polar surface area (TPSA) is 89.7 Å². The molecule has 0 spiro atoms. The average Bonchev–Trinajstić information content (AvgIpc) is 3.19. The van der Waals surface area contributed by atoms with Gasteiger partial charge in [-0.25, -0.2) is 9.67 Å². The van der Waals surface area contributed by atoms with Crippen LogP contribution in [0.25, 0.3) is 0 Å². The van der Waals surface area contributed by atoms with Crippen molar-refractivity contribution in [2.75, 3.05) is 13.1 Å². The van der Waals surface area contributed by atoms with Crippen molar-refractivity contribution < 1.29 is 4.79 Å². The number of hydrogen-bond acceptors (Lipinski definition) is 5. The maximum Gasteiger partial charge on any atom is 0.274 e. The van der Waals surface area contributed by atoms with E-state index in [4.69, 9.17) is 0 Å². The second-order valence-electron chi connectivity index (χ2n) is 7.02. The van der Waals surface area contributed by atoms with Crippen LogP contribution >= 0.6 is 0 Å². The lowest BCUT2D eigenvalue weighted by molar-refractivity contribution is 0.0943. The molecule has 3 rings (SSSR count).